The molecule has 2 aliphatic rings. The normalized spacial score (nSPS) is 19.4. The van der Waals surface area contributed by atoms with Gasteiger partial charge in [-0.1, -0.05) is 36.4 Å². The van der Waals surface area contributed by atoms with Crippen LogP contribution in [0.25, 0.3) is 10.6 Å². The quantitative estimate of drug-likeness (QED) is 0.575. The second-order valence-electron chi connectivity index (χ2n) is 8.32. The first kappa shape index (κ1) is 20.8. The Morgan fingerprint density at radius 1 is 1.09 bits per heavy atom. The van der Waals surface area contributed by atoms with E-state index in [1.165, 1.54) is 5.56 Å². The summed E-state index contributed by atoms with van der Waals surface area (Å²) in [5, 5.41) is 6.55. The Bertz CT molecular complexity index is 1060. The SMILES string of the molecule is O=C(Cn1ccc(-c2cccs2)n1)N1CCC(N2C(=O)OCC2Cc2ccccc2)CC1. The number of hydrogen-bond acceptors (Lipinski definition) is 5. The Labute approximate surface area is 191 Å². The Hall–Kier alpha value is -3.13. The van der Waals surface area contributed by atoms with Gasteiger partial charge in [0.15, 0.2) is 0 Å². The van der Waals surface area contributed by atoms with Crippen molar-refractivity contribution in [2.75, 3.05) is 19.7 Å². The van der Waals surface area contributed by atoms with Gasteiger partial charge in [0.2, 0.25) is 5.91 Å². The summed E-state index contributed by atoms with van der Waals surface area (Å²) in [6.45, 7) is 1.95. The molecule has 2 aromatic heterocycles. The van der Waals surface area contributed by atoms with Gasteiger partial charge in [-0.3, -0.25) is 14.4 Å². The first-order valence-electron chi connectivity index (χ1n) is 11.0. The summed E-state index contributed by atoms with van der Waals surface area (Å²) >= 11 is 1.64. The van der Waals surface area contributed by atoms with Gasteiger partial charge in [0.1, 0.15) is 18.8 Å². The van der Waals surface area contributed by atoms with Crippen LogP contribution in [0.3, 0.4) is 0 Å². The molecule has 0 saturated carbocycles. The maximum absolute atomic E-state index is 12.8. The number of piperidine rings is 1. The van der Waals surface area contributed by atoms with Crippen LogP contribution in [0.1, 0.15) is 18.4 Å². The fourth-order valence-corrected chi connectivity index (χ4v) is 5.29. The lowest BCUT2D eigenvalue weighted by atomic mass is 9.99. The number of cyclic esters (lactones) is 1. The minimum atomic E-state index is -0.228. The third-order valence-electron chi connectivity index (χ3n) is 6.24. The smallest absolute Gasteiger partial charge is 0.410 e. The van der Waals surface area contributed by atoms with Gasteiger partial charge in [-0.05, 0) is 42.3 Å². The summed E-state index contributed by atoms with van der Waals surface area (Å²) in [5.74, 6) is 0.0640. The highest BCUT2D eigenvalue weighted by molar-refractivity contribution is 7.13. The first-order valence-corrected chi connectivity index (χ1v) is 11.9. The van der Waals surface area contributed by atoms with Crippen LogP contribution >= 0.6 is 11.3 Å². The van der Waals surface area contributed by atoms with E-state index in [0.29, 0.717) is 19.7 Å². The number of likely N-dealkylation sites (tertiary alicyclic amines) is 1. The molecule has 5 rings (SSSR count). The summed E-state index contributed by atoms with van der Waals surface area (Å²) in [6, 6.07) is 16.3. The number of carbonyl (C=O) groups is 2. The van der Waals surface area contributed by atoms with Gasteiger partial charge in [0.05, 0.1) is 10.9 Å². The van der Waals surface area contributed by atoms with Crippen LogP contribution in [0.5, 0.6) is 0 Å². The van der Waals surface area contributed by atoms with Gasteiger partial charge in [0, 0.05) is 25.3 Å². The van der Waals surface area contributed by atoms with E-state index in [9.17, 15) is 9.59 Å². The standard InChI is InChI=1S/C24H26N4O3S/c29-23(16-27-13-10-21(25-27)22-7-4-14-32-22)26-11-8-19(9-12-26)28-20(17-31-24(28)30)15-18-5-2-1-3-6-18/h1-7,10,13-14,19-20H,8-9,11-12,15-17H2. The molecule has 166 valence electrons. The molecule has 0 bridgehead atoms. The lowest BCUT2D eigenvalue weighted by molar-refractivity contribution is -0.133. The van der Waals surface area contributed by atoms with E-state index in [1.54, 1.807) is 16.0 Å². The van der Waals surface area contributed by atoms with Crippen molar-refractivity contribution < 1.29 is 14.3 Å². The van der Waals surface area contributed by atoms with Crippen LogP contribution in [0, 0.1) is 0 Å². The zero-order chi connectivity index (χ0) is 21.9. The van der Waals surface area contributed by atoms with Crippen molar-refractivity contribution >= 4 is 23.3 Å². The Morgan fingerprint density at radius 3 is 2.66 bits per heavy atom. The van der Waals surface area contributed by atoms with Crippen molar-refractivity contribution in [2.45, 2.75) is 37.9 Å². The molecule has 1 unspecified atom stereocenters. The van der Waals surface area contributed by atoms with E-state index >= 15 is 0 Å². The van der Waals surface area contributed by atoms with E-state index in [4.69, 9.17) is 4.74 Å². The van der Waals surface area contributed by atoms with Crippen LogP contribution in [-0.4, -0.2) is 63.4 Å². The number of benzene rings is 1. The number of thiophene rings is 1. The maximum Gasteiger partial charge on any atom is 0.410 e. The lowest BCUT2D eigenvalue weighted by Crippen LogP contribution is -2.50. The predicted octanol–water partition coefficient (Wildman–Crippen LogP) is 3.67. The summed E-state index contributed by atoms with van der Waals surface area (Å²) < 4.78 is 7.09. The second kappa shape index (κ2) is 9.16. The molecule has 2 fully saturated rings. The minimum absolute atomic E-state index is 0.0527. The third-order valence-corrected chi connectivity index (χ3v) is 7.13. The van der Waals surface area contributed by atoms with Gasteiger partial charge < -0.3 is 9.64 Å². The zero-order valence-electron chi connectivity index (χ0n) is 17.8. The highest BCUT2D eigenvalue weighted by Gasteiger charge is 2.39. The Balaban J connectivity index is 1.16. The molecule has 0 radical (unpaired) electrons. The molecular formula is C24H26N4O3S. The fourth-order valence-electron chi connectivity index (χ4n) is 4.60. The molecule has 8 heteroatoms. The summed E-state index contributed by atoms with van der Waals surface area (Å²) in [6.07, 6.45) is 3.96. The van der Waals surface area contributed by atoms with Crippen LogP contribution in [0.15, 0.2) is 60.1 Å². The minimum Gasteiger partial charge on any atom is -0.447 e. The summed E-state index contributed by atoms with van der Waals surface area (Å²) in [4.78, 5) is 30.2. The van der Waals surface area contributed by atoms with Crippen LogP contribution in [-0.2, 0) is 22.5 Å². The van der Waals surface area contributed by atoms with Crippen molar-refractivity contribution in [1.29, 1.82) is 0 Å². The molecule has 4 heterocycles. The lowest BCUT2D eigenvalue weighted by Gasteiger charge is -2.38. The van der Waals surface area contributed by atoms with Crippen molar-refractivity contribution in [3.05, 3.63) is 65.7 Å². The molecule has 2 amide bonds. The highest BCUT2D eigenvalue weighted by Crippen LogP contribution is 2.26. The molecular weight excluding hydrogens is 424 g/mol. The molecule has 2 aliphatic heterocycles. The number of aromatic nitrogens is 2. The number of ether oxygens (including phenoxy) is 1. The van der Waals surface area contributed by atoms with Gasteiger partial charge in [0.25, 0.3) is 0 Å². The number of rotatable bonds is 6. The van der Waals surface area contributed by atoms with Gasteiger partial charge >= 0.3 is 6.09 Å². The molecule has 0 spiro atoms. The topological polar surface area (TPSA) is 67.7 Å². The van der Waals surface area contributed by atoms with E-state index in [1.807, 2.05) is 57.8 Å². The van der Waals surface area contributed by atoms with Gasteiger partial charge in [-0.2, -0.15) is 5.10 Å². The van der Waals surface area contributed by atoms with Crippen molar-refractivity contribution in [1.82, 2.24) is 19.6 Å². The van der Waals surface area contributed by atoms with E-state index in [0.717, 1.165) is 29.8 Å². The molecule has 1 atom stereocenters. The van der Waals surface area contributed by atoms with Gasteiger partial charge in [-0.25, -0.2) is 4.79 Å². The first-order chi connectivity index (χ1) is 15.7. The van der Waals surface area contributed by atoms with Crippen LogP contribution in [0.2, 0.25) is 0 Å². The Morgan fingerprint density at radius 2 is 1.91 bits per heavy atom. The monoisotopic (exact) mass is 450 g/mol. The number of amides is 2. The molecule has 1 aromatic carbocycles. The largest absolute Gasteiger partial charge is 0.447 e. The number of nitrogens with zero attached hydrogens (tertiary/aromatic N) is 4. The Kier molecular flexibility index (Phi) is 5.94. The molecule has 7 nitrogen and oxygen atoms in total. The van der Waals surface area contributed by atoms with Crippen LogP contribution < -0.4 is 0 Å². The third kappa shape index (κ3) is 4.41. The maximum atomic E-state index is 12.8. The molecule has 2 saturated heterocycles. The second-order valence-corrected chi connectivity index (χ2v) is 9.26. The van der Waals surface area contributed by atoms with Crippen molar-refractivity contribution in [2.24, 2.45) is 0 Å². The van der Waals surface area contributed by atoms with E-state index in [2.05, 4.69) is 17.2 Å². The fraction of sp³-hybridized carbons (Fsp3) is 0.375. The average molecular weight is 451 g/mol. The summed E-state index contributed by atoms with van der Waals surface area (Å²) in [5.41, 5.74) is 2.10. The number of hydrogen-bond donors (Lipinski definition) is 0. The number of carbonyl (C=O) groups excluding carboxylic acids is 2. The molecule has 3 aromatic rings. The zero-order valence-corrected chi connectivity index (χ0v) is 18.6. The van der Waals surface area contributed by atoms with Crippen molar-refractivity contribution in [3.63, 3.8) is 0 Å². The van der Waals surface area contributed by atoms with Crippen molar-refractivity contribution in [3.8, 4) is 10.6 Å². The highest BCUT2D eigenvalue weighted by atomic mass is 32.1. The predicted molar refractivity (Wildman–Crippen MR) is 122 cm³/mol. The van der Waals surface area contributed by atoms with Gasteiger partial charge in [-0.15, -0.1) is 11.3 Å². The van der Waals surface area contributed by atoms with Crippen LogP contribution in [0.4, 0.5) is 4.79 Å². The summed E-state index contributed by atoms with van der Waals surface area (Å²) in [7, 11) is 0. The molecule has 0 aliphatic carbocycles. The average Bonchev–Trinajstić information content (AvgIpc) is 3.57. The molecule has 32 heavy (non-hydrogen) atoms. The van der Waals surface area contributed by atoms with E-state index in [-0.39, 0.29) is 30.6 Å². The van der Waals surface area contributed by atoms with E-state index < -0.39 is 0 Å². The molecule has 0 N–H and O–H groups in total.